The molecule has 0 spiro atoms. The lowest BCUT2D eigenvalue weighted by Crippen LogP contribution is -2.48. The molecule has 6 nitrogen and oxygen atoms in total. The van der Waals surface area contributed by atoms with Crippen LogP contribution in [0.1, 0.15) is 44.2 Å². The van der Waals surface area contributed by atoms with Crippen molar-refractivity contribution in [2.45, 2.75) is 44.6 Å². The first-order valence-corrected chi connectivity index (χ1v) is 7.37. The maximum absolute atomic E-state index is 8.92. The molecule has 3 rings (SSSR count). The van der Waals surface area contributed by atoms with Crippen LogP contribution in [0.2, 0.25) is 0 Å². The van der Waals surface area contributed by atoms with Crippen LogP contribution in [0.15, 0.2) is 17.5 Å². The van der Waals surface area contributed by atoms with E-state index in [1.54, 1.807) is 12.4 Å². The van der Waals surface area contributed by atoms with Crippen molar-refractivity contribution >= 4 is 11.7 Å². The highest BCUT2D eigenvalue weighted by molar-refractivity contribution is 5.99. The molecule has 108 valence electrons. The normalized spacial score (nSPS) is 27.2. The molecule has 1 aliphatic heterocycles. The first kappa shape index (κ1) is 13.1. The topological polar surface area (TPSA) is 87.6 Å². The van der Waals surface area contributed by atoms with E-state index in [1.165, 1.54) is 38.5 Å². The van der Waals surface area contributed by atoms with Crippen LogP contribution in [0.4, 0.5) is 5.82 Å². The number of oxime groups is 1. The molecule has 2 heterocycles. The Balaban J connectivity index is 1.95. The molecule has 2 aliphatic rings. The Hall–Kier alpha value is -1.85. The smallest absolute Gasteiger partial charge is 0.192 e. The molecule has 0 amide bonds. The third-order valence-electron chi connectivity index (χ3n) is 4.54. The average molecular weight is 275 g/mol. The lowest BCUT2D eigenvalue weighted by atomic mass is 9.78. The van der Waals surface area contributed by atoms with E-state index in [1.807, 2.05) is 0 Å². The second-order valence-corrected chi connectivity index (χ2v) is 5.66. The maximum atomic E-state index is 8.92. The number of anilines is 1. The molecule has 2 unspecified atom stereocenters. The molecule has 1 saturated carbocycles. The standard InChI is InChI=1S/C14H21N5O/c15-13(18-20)12-14(17-8-7-16-12)19-9-3-5-10-4-1-2-6-11(10)19/h7-8,10-11,20H,1-6,9H2,(H2,15,18). The number of aromatic nitrogens is 2. The van der Waals surface area contributed by atoms with Gasteiger partial charge in [-0.1, -0.05) is 18.0 Å². The summed E-state index contributed by atoms with van der Waals surface area (Å²) in [7, 11) is 0. The molecule has 1 aliphatic carbocycles. The summed E-state index contributed by atoms with van der Waals surface area (Å²) >= 11 is 0. The van der Waals surface area contributed by atoms with E-state index in [9.17, 15) is 0 Å². The largest absolute Gasteiger partial charge is 0.409 e. The van der Waals surface area contributed by atoms with Crippen LogP contribution in [-0.2, 0) is 0 Å². The van der Waals surface area contributed by atoms with Gasteiger partial charge in [-0.3, -0.25) is 0 Å². The van der Waals surface area contributed by atoms with Crippen molar-refractivity contribution in [3.8, 4) is 0 Å². The van der Waals surface area contributed by atoms with Crippen molar-refractivity contribution < 1.29 is 5.21 Å². The molecule has 1 saturated heterocycles. The van der Waals surface area contributed by atoms with Crippen molar-refractivity contribution in [3.63, 3.8) is 0 Å². The maximum Gasteiger partial charge on any atom is 0.192 e. The quantitative estimate of drug-likeness (QED) is 0.371. The fraction of sp³-hybridized carbons (Fsp3) is 0.643. The zero-order valence-corrected chi connectivity index (χ0v) is 11.6. The van der Waals surface area contributed by atoms with E-state index < -0.39 is 0 Å². The van der Waals surface area contributed by atoms with Crippen molar-refractivity contribution in [2.24, 2.45) is 16.8 Å². The van der Waals surface area contributed by atoms with Crippen LogP contribution >= 0.6 is 0 Å². The Morgan fingerprint density at radius 3 is 2.80 bits per heavy atom. The van der Waals surface area contributed by atoms with Gasteiger partial charge in [0.25, 0.3) is 0 Å². The third kappa shape index (κ3) is 2.30. The zero-order chi connectivity index (χ0) is 13.9. The first-order valence-electron chi connectivity index (χ1n) is 7.37. The Labute approximate surface area is 118 Å². The van der Waals surface area contributed by atoms with Gasteiger partial charge in [-0.15, -0.1) is 0 Å². The SMILES string of the molecule is NC(=NO)c1nccnc1N1CCCC2CCCCC21. The van der Waals surface area contributed by atoms with Crippen molar-refractivity contribution in [3.05, 3.63) is 18.1 Å². The fourth-order valence-corrected chi connectivity index (χ4v) is 3.66. The summed E-state index contributed by atoms with van der Waals surface area (Å²) in [4.78, 5) is 11.0. The number of hydrogen-bond donors (Lipinski definition) is 2. The number of rotatable bonds is 2. The van der Waals surface area contributed by atoms with Gasteiger partial charge in [0.15, 0.2) is 17.3 Å². The monoisotopic (exact) mass is 275 g/mol. The predicted molar refractivity (Wildman–Crippen MR) is 76.9 cm³/mol. The number of amidine groups is 1. The van der Waals surface area contributed by atoms with E-state index in [-0.39, 0.29) is 5.84 Å². The predicted octanol–water partition coefficient (Wildman–Crippen LogP) is 1.73. The Morgan fingerprint density at radius 1 is 1.20 bits per heavy atom. The fourth-order valence-electron chi connectivity index (χ4n) is 3.66. The molecular weight excluding hydrogens is 254 g/mol. The van der Waals surface area contributed by atoms with E-state index >= 15 is 0 Å². The summed E-state index contributed by atoms with van der Waals surface area (Å²) in [5.41, 5.74) is 6.23. The highest BCUT2D eigenvalue weighted by atomic mass is 16.4. The summed E-state index contributed by atoms with van der Waals surface area (Å²) in [6.45, 7) is 0.978. The molecule has 2 atom stereocenters. The molecule has 20 heavy (non-hydrogen) atoms. The summed E-state index contributed by atoms with van der Waals surface area (Å²) in [5.74, 6) is 1.55. The number of fused-ring (bicyclic) bond motifs is 1. The van der Waals surface area contributed by atoms with Crippen LogP contribution in [-0.4, -0.2) is 33.6 Å². The summed E-state index contributed by atoms with van der Waals surface area (Å²) in [6, 6.07) is 0.527. The van der Waals surface area contributed by atoms with Gasteiger partial charge in [0, 0.05) is 25.0 Å². The van der Waals surface area contributed by atoms with E-state index in [0.717, 1.165) is 18.3 Å². The van der Waals surface area contributed by atoms with Crippen LogP contribution in [0, 0.1) is 5.92 Å². The van der Waals surface area contributed by atoms with Gasteiger partial charge in [-0.2, -0.15) is 0 Å². The zero-order valence-electron chi connectivity index (χ0n) is 11.6. The first-order chi connectivity index (χ1) is 9.81. The summed E-state index contributed by atoms with van der Waals surface area (Å²) in [6.07, 6.45) is 10.9. The number of hydrogen-bond acceptors (Lipinski definition) is 5. The Morgan fingerprint density at radius 2 is 1.95 bits per heavy atom. The van der Waals surface area contributed by atoms with Crippen LogP contribution < -0.4 is 10.6 Å². The number of piperidine rings is 1. The Bertz CT molecular complexity index is 502. The number of nitrogens with two attached hydrogens (primary N) is 1. The molecule has 3 N–H and O–H groups in total. The van der Waals surface area contributed by atoms with Crippen molar-refractivity contribution in [2.75, 3.05) is 11.4 Å². The van der Waals surface area contributed by atoms with Gasteiger partial charge < -0.3 is 15.8 Å². The minimum absolute atomic E-state index is 0.0334. The van der Waals surface area contributed by atoms with E-state index in [2.05, 4.69) is 20.0 Å². The molecule has 1 aromatic heterocycles. The lowest BCUT2D eigenvalue weighted by Gasteiger charge is -2.45. The van der Waals surface area contributed by atoms with E-state index in [4.69, 9.17) is 10.9 Å². The third-order valence-corrected chi connectivity index (χ3v) is 4.54. The van der Waals surface area contributed by atoms with Gasteiger partial charge in [0.2, 0.25) is 0 Å². The van der Waals surface area contributed by atoms with Gasteiger partial charge in [0.05, 0.1) is 0 Å². The summed E-state index contributed by atoms with van der Waals surface area (Å²) < 4.78 is 0. The van der Waals surface area contributed by atoms with Crippen LogP contribution in [0.25, 0.3) is 0 Å². The van der Waals surface area contributed by atoms with Gasteiger partial charge in [0.1, 0.15) is 0 Å². The molecule has 0 radical (unpaired) electrons. The molecular formula is C14H21N5O. The molecule has 2 fully saturated rings. The van der Waals surface area contributed by atoms with Gasteiger partial charge >= 0.3 is 0 Å². The molecule has 0 aromatic carbocycles. The molecule has 1 aromatic rings. The van der Waals surface area contributed by atoms with Crippen molar-refractivity contribution in [1.29, 1.82) is 0 Å². The van der Waals surface area contributed by atoms with Gasteiger partial charge in [-0.25, -0.2) is 9.97 Å². The highest BCUT2D eigenvalue weighted by Crippen LogP contribution is 2.37. The van der Waals surface area contributed by atoms with E-state index in [0.29, 0.717) is 11.7 Å². The minimum Gasteiger partial charge on any atom is -0.409 e. The van der Waals surface area contributed by atoms with Gasteiger partial charge in [-0.05, 0) is 31.6 Å². The second-order valence-electron chi connectivity index (χ2n) is 5.66. The molecule has 0 bridgehead atoms. The average Bonchev–Trinajstić information content (AvgIpc) is 2.53. The minimum atomic E-state index is 0.0334. The second kappa shape index (κ2) is 5.64. The van der Waals surface area contributed by atoms with Crippen molar-refractivity contribution in [1.82, 2.24) is 9.97 Å². The lowest BCUT2D eigenvalue weighted by molar-refractivity contribution is 0.242. The van der Waals surface area contributed by atoms with Crippen LogP contribution in [0.5, 0.6) is 0 Å². The highest BCUT2D eigenvalue weighted by Gasteiger charge is 2.35. The number of nitrogens with zero attached hydrogens (tertiary/aromatic N) is 4. The summed E-state index contributed by atoms with van der Waals surface area (Å²) in [5, 5.41) is 12.0. The Kier molecular flexibility index (Phi) is 3.71. The molecule has 6 heteroatoms. The van der Waals surface area contributed by atoms with Crippen LogP contribution in [0.3, 0.4) is 0 Å².